The molecule has 0 spiro atoms. The van der Waals surface area contributed by atoms with Gasteiger partial charge in [0.1, 0.15) is 0 Å². The molecule has 0 aliphatic heterocycles. The molecule has 0 heteroatoms. The number of hydrogen-bond donors (Lipinski definition) is 0. The molecular formula is C29H40. The fraction of sp³-hybridized carbons (Fsp3) is 0.517. The number of fused-ring (bicyclic) bond motifs is 2. The van der Waals surface area contributed by atoms with Crippen LogP contribution in [0.25, 0.3) is 21.5 Å². The van der Waals surface area contributed by atoms with Gasteiger partial charge >= 0.3 is 0 Å². The third kappa shape index (κ3) is 5.41. The molecule has 3 aromatic carbocycles. The van der Waals surface area contributed by atoms with E-state index in [1.807, 2.05) is 0 Å². The van der Waals surface area contributed by atoms with Gasteiger partial charge in [-0.3, -0.25) is 0 Å². The van der Waals surface area contributed by atoms with E-state index in [4.69, 9.17) is 0 Å². The van der Waals surface area contributed by atoms with Crippen LogP contribution in [0.15, 0.2) is 42.5 Å². The van der Waals surface area contributed by atoms with Gasteiger partial charge in [0.15, 0.2) is 0 Å². The van der Waals surface area contributed by atoms with Crippen molar-refractivity contribution in [2.24, 2.45) is 0 Å². The number of aryl methyl sites for hydroxylation is 3. The summed E-state index contributed by atoms with van der Waals surface area (Å²) >= 11 is 0. The molecule has 0 aliphatic carbocycles. The number of benzene rings is 3. The molecule has 0 bridgehead atoms. The summed E-state index contributed by atoms with van der Waals surface area (Å²) in [6.07, 6.45) is 15.4. The highest BCUT2D eigenvalue weighted by atomic mass is 14.2. The minimum Gasteiger partial charge on any atom is -0.0654 e. The maximum absolute atomic E-state index is 2.54. The second kappa shape index (κ2) is 11.4. The van der Waals surface area contributed by atoms with Crippen LogP contribution in [0.3, 0.4) is 0 Å². The molecule has 0 aromatic heterocycles. The summed E-state index contributed by atoms with van der Waals surface area (Å²) in [5.41, 5.74) is 4.71. The number of rotatable bonds is 12. The quantitative estimate of drug-likeness (QED) is 0.214. The van der Waals surface area contributed by atoms with Crippen molar-refractivity contribution in [1.29, 1.82) is 0 Å². The van der Waals surface area contributed by atoms with Crippen LogP contribution in [0.4, 0.5) is 0 Å². The van der Waals surface area contributed by atoms with Gasteiger partial charge < -0.3 is 0 Å². The largest absolute Gasteiger partial charge is 0.0654 e. The fourth-order valence-electron chi connectivity index (χ4n) is 4.78. The van der Waals surface area contributed by atoms with E-state index in [1.165, 1.54) is 98.8 Å². The van der Waals surface area contributed by atoms with E-state index in [2.05, 4.69) is 63.2 Å². The molecule has 0 heterocycles. The van der Waals surface area contributed by atoms with E-state index in [0.29, 0.717) is 0 Å². The maximum atomic E-state index is 2.54. The van der Waals surface area contributed by atoms with Crippen LogP contribution >= 0.6 is 0 Å². The van der Waals surface area contributed by atoms with Crippen molar-refractivity contribution in [2.45, 2.75) is 97.8 Å². The van der Waals surface area contributed by atoms with Gasteiger partial charge in [-0.15, -0.1) is 0 Å². The van der Waals surface area contributed by atoms with Gasteiger partial charge in [-0.2, -0.15) is 0 Å². The van der Waals surface area contributed by atoms with E-state index in [0.717, 1.165) is 0 Å². The highest BCUT2D eigenvalue weighted by Crippen LogP contribution is 2.36. The zero-order chi connectivity index (χ0) is 20.5. The summed E-state index contributed by atoms with van der Waals surface area (Å²) < 4.78 is 0. The van der Waals surface area contributed by atoms with Crippen molar-refractivity contribution < 1.29 is 0 Å². The molecule has 29 heavy (non-hydrogen) atoms. The van der Waals surface area contributed by atoms with Gasteiger partial charge in [0.2, 0.25) is 0 Å². The molecule has 0 N–H and O–H groups in total. The molecule has 0 amide bonds. The molecule has 0 fully saturated rings. The average Bonchev–Trinajstić information content (AvgIpc) is 2.75. The van der Waals surface area contributed by atoms with Gasteiger partial charge in [-0.25, -0.2) is 0 Å². The predicted octanol–water partition coefficient (Wildman–Crippen LogP) is 9.19. The first-order valence-corrected chi connectivity index (χ1v) is 12.2. The number of hydrogen-bond acceptors (Lipinski definition) is 0. The normalized spacial score (nSPS) is 11.6. The molecule has 0 unspecified atom stereocenters. The van der Waals surface area contributed by atoms with E-state index >= 15 is 0 Å². The van der Waals surface area contributed by atoms with Crippen molar-refractivity contribution in [2.75, 3.05) is 0 Å². The van der Waals surface area contributed by atoms with Crippen LogP contribution in [-0.4, -0.2) is 0 Å². The highest BCUT2D eigenvalue weighted by Gasteiger charge is 2.14. The molecule has 0 saturated carbocycles. The minimum atomic E-state index is 1.20. The Kier molecular flexibility index (Phi) is 8.59. The molecule has 0 saturated heterocycles. The van der Waals surface area contributed by atoms with Gasteiger partial charge in [0, 0.05) is 0 Å². The van der Waals surface area contributed by atoms with Crippen LogP contribution in [0, 0.1) is 0 Å². The second-order valence-electron chi connectivity index (χ2n) is 8.75. The zero-order valence-electron chi connectivity index (χ0n) is 19.0. The summed E-state index contributed by atoms with van der Waals surface area (Å²) in [6, 6.07) is 16.6. The average molecular weight is 389 g/mol. The lowest BCUT2D eigenvalue weighted by Gasteiger charge is -2.18. The molecule has 3 aromatic rings. The van der Waals surface area contributed by atoms with Gasteiger partial charge in [-0.05, 0) is 76.8 Å². The van der Waals surface area contributed by atoms with Crippen LogP contribution in [-0.2, 0) is 19.3 Å². The van der Waals surface area contributed by atoms with E-state index in [9.17, 15) is 0 Å². The molecule has 3 rings (SSSR count). The van der Waals surface area contributed by atoms with Gasteiger partial charge in [-0.1, -0.05) is 102 Å². The second-order valence-corrected chi connectivity index (χ2v) is 8.75. The summed E-state index contributed by atoms with van der Waals surface area (Å²) in [6.45, 7) is 6.90. The predicted molar refractivity (Wildman–Crippen MR) is 131 cm³/mol. The summed E-state index contributed by atoms with van der Waals surface area (Å²) in [7, 11) is 0. The molecule has 0 aliphatic rings. The molecule has 0 nitrogen and oxygen atoms in total. The molecular weight excluding hydrogens is 348 g/mol. The van der Waals surface area contributed by atoms with E-state index in [1.54, 1.807) is 16.5 Å². The Morgan fingerprint density at radius 1 is 0.483 bits per heavy atom. The fourth-order valence-corrected chi connectivity index (χ4v) is 4.78. The molecule has 0 atom stereocenters. The zero-order valence-corrected chi connectivity index (χ0v) is 19.0. The van der Waals surface area contributed by atoms with Gasteiger partial charge in [0.25, 0.3) is 0 Å². The van der Waals surface area contributed by atoms with Crippen molar-refractivity contribution >= 4 is 21.5 Å². The third-order valence-corrected chi connectivity index (χ3v) is 6.44. The van der Waals surface area contributed by atoms with Crippen molar-refractivity contribution in [3.63, 3.8) is 0 Å². The first-order valence-electron chi connectivity index (χ1n) is 12.2. The maximum Gasteiger partial charge on any atom is -0.0140 e. The first-order chi connectivity index (χ1) is 14.3. The Morgan fingerprint density at radius 3 is 1.52 bits per heavy atom. The Morgan fingerprint density at radius 2 is 0.966 bits per heavy atom. The summed E-state index contributed by atoms with van der Waals surface area (Å²) in [4.78, 5) is 0. The van der Waals surface area contributed by atoms with Gasteiger partial charge in [0.05, 0.1) is 0 Å². The van der Waals surface area contributed by atoms with E-state index < -0.39 is 0 Å². The molecule has 0 radical (unpaired) electrons. The monoisotopic (exact) mass is 388 g/mol. The Labute approximate surface area is 178 Å². The topological polar surface area (TPSA) is 0 Å². The van der Waals surface area contributed by atoms with E-state index in [-0.39, 0.29) is 0 Å². The van der Waals surface area contributed by atoms with Crippen LogP contribution in [0.2, 0.25) is 0 Å². The van der Waals surface area contributed by atoms with Crippen molar-refractivity contribution in [3.05, 3.63) is 59.2 Å². The summed E-state index contributed by atoms with van der Waals surface area (Å²) in [5, 5.41) is 6.07. The third-order valence-electron chi connectivity index (χ3n) is 6.44. The Hall–Kier alpha value is -1.82. The lowest BCUT2D eigenvalue weighted by molar-refractivity contribution is 0.716. The Bertz CT molecular complexity index is 903. The van der Waals surface area contributed by atoms with Crippen molar-refractivity contribution in [3.8, 4) is 0 Å². The van der Waals surface area contributed by atoms with Crippen molar-refractivity contribution in [1.82, 2.24) is 0 Å². The molecule has 156 valence electrons. The smallest absolute Gasteiger partial charge is 0.0140 e. The summed E-state index contributed by atoms with van der Waals surface area (Å²) in [5.74, 6) is 0. The highest BCUT2D eigenvalue weighted by molar-refractivity contribution is 6.06. The standard InChI is InChI=1S/C29H40/c1-4-7-10-15-23-20-21-28-26(16-11-8-5-2)24-18-13-14-19-25(24)27(29(28)22-23)17-12-9-6-3/h13-14,18-22H,4-12,15-17H2,1-3H3. The Balaban J connectivity index is 2.13. The first kappa shape index (κ1) is 21.9. The van der Waals surface area contributed by atoms with Crippen LogP contribution in [0.1, 0.15) is 95.2 Å². The number of unbranched alkanes of at least 4 members (excludes halogenated alkanes) is 6. The lowest BCUT2D eigenvalue weighted by Crippen LogP contribution is -1.98. The van der Waals surface area contributed by atoms with Crippen LogP contribution < -0.4 is 0 Å². The minimum absolute atomic E-state index is 1.20. The lowest BCUT2D eigenvalue weighted by atomic mass is 9.86. The van der Waals surface area contributed by atoms with Crippen LogP contribution in [0.5, 0.6) is 0 Å². The SMILES string of the molecule is CCCCCc1ccc2c(CCCCC)c3ccccc3c(CCCCC)c2c1.